The molecule has 4 unspecified atom stereocenters. The highest BCUT2D eigenvalue weighted by atomic mass is 32.1. The van der Waals surface area contributed by atoms with Crippen LogP contribution in [0.2, 0.25) is 0 Å². The molecule has 4 atom stereocenters. The predicted molar refractivity (Wildman–Crippen MR) is 156 cm³/mol. The third-order valence-corrected chi connectivity index (χ3v) is 7.50. The van der Waals surface area contributed by atoms with Crippen LogP contribution in [0.15, 0.2) is 40.4 Å². The zero-order valence-electron chi connectivity index (χ0n) is 24.7. The van der Waals surface area contributed by atoms with Gasteiger partial charge < -0.3 is 19.8 Å². The van der Waals surface area contributed by atoms with E-state index in [2.05, 4.69) is 15.5 Å². The van der Waals surface area contributed by atoms with E-state index in [4.69, 9.17) is 4.52 Å². The van der Waals surface area contributed by atoms with Crippen LogP contribution in [-0.4, -0.2) is 50.7 Å². The number of rotatable bonds is 7. The van der Waals surface area contributed by atoms with Crippen molar-refractivity contribution in [1.29, 1.82) is 0 Å². The first-order chi connectivity index (χ1) is 18.7. The Hall–Kier alpha value is -3.04. The Morgan fingerprint density at radius 2 is 1.74 bits per heavy atom. The Morgan fingerprint density at radius 1 is 1.10 bits per heavy atom. The number of aliphatic hydroxyl groups excluding tert-OH is 1. The molecule has 2 N–H and O–H groups in total. The van der Waals surface area contributed by atoms with E-state index in [0.717, 1.165) is 21.7 Å². The smallest absolute Gasteiger partial charge is 0.243 e. The molecule has 0 saturated carbocycles. The maximum absolute atomic E-state index is 13.5. The molecule has 0 aliphatic carbocycles. The minimum atomic E-state index is -0.754. The molecule has 2 amide bonds. The summed E-state index contributed by atoms with van der Waals surface area (Å²) in [6, 6.07) is 8.79. The maximum Gasteiger partial charge on any atom is 0.243 e. The van der Waals surface area contributed by atoms with E-state index in [-0.39, 0.29) is 36.7 Å². The molecule has 3 aromatic rings. The van der Waals surface area contributed by atoms with Crippen LogP contribution in [-0.2, 0) is 9.59 Å². The van der Waals surface area contributed by atoms with E-state index in [0.29, 0.717) is 11.5 Å². The number of aromatic nitrogens is 2. The molecule has 4 rings (SSSR count). The van der Waals surface area contributed by atoms with Crippen LogP contribution in [0.5, 0.6) is 0 Å². The number of amides is 2. The quantitative estimate of drug-likeness (QED) is 0.367. The number of aryl methyl sites for hydroxylation is 2. The molecule has 1 aliphatic rings. The van der Waals surface area contributed by atoms with Crippen molar-refractivity contribution in [1.82, 2.24) is 20.4 Å². The normalized spacial score (nSPS) is 18.0. The first kappa shape index (κ1) is 32.2. The van der Waals surface area contributed by atoms with E-state index in [9.17, 15) is 14.7 Å². The molecule has 0 radical (unpaired) electrons. The molecule has 0 bridgehead atoms. The molecule has 1 saturated heterocycles. The molecular weight excluding hydrogens is 512 g/mol. The summed E-state index contributed by atoms with van der Waals surface area (Å²) in [5, 5.41) is 17.3. The van der Waals surface area contributed by atoms with Gasteiger partial charge in [-0.1, -0.05) is 71.0 Å². The number of nitrogens with one attached hydrogen (secondary N) is 1. The van der Waals surface area contributed by atoms with Gasteiger partial charge in [0, 0.05) is 19.0 Å². The van der Waals surface area contributed by atoms with E-state index in [1.54, 1.807) is 24.3 Å². The van der Waals surface area contributed by atoms with Crippen molar-refractivity contribution in [3.63, 3.8) is 0 Å². The summed E-state index contributed by atoms with van der Waals surface area (Å²) >= 11 is 1.60. The number of hydrogen-bond donors (Lipinski definition) is 2. The summed E-state index contributed by atoms with van der Waals surface area (Å²) in [5.74, 6) is -0.661. The Kier molecular flexibility index (Phi) is 12.3. The van der Waals surface area contributed by atoms with E-state index >= 15 is 0 Å². The number of benzene rings is 1. The molecule has 1 aromatic carbocycles. The fourth-order valence-electron chi connectivity index (χ4n) is 4.64. The van der Waals surface area contributed by atoms with Gasteiger partial charge in [0.2, 0.25) is 11.8 Å². The monoisotopic (exact) mass is 556 g/mol. The topological polar surface area (TPSA) is 109 Å². The number of nitrogens with zero attached hydrogens (tertiary/aromatic N) is 3. The summed E-state index contributed by atoms with van der Waals surface area (Å²) in [7, 11) is 0. The van der Waals surface area contributed by atoms with Crippen molar-refractivity contribution in [2.24, 2.45) is 5.92 Å². The van der Waals surface area contributed by atoms with E-state index in [1.165, 1.54) is 4.90 Å². The second kappa shape index (κ2) is 14.9. The number of carbonyl (C=O) groups excluding carboxylic acids is 2. The molecule has 3 heterocycles. The van der Waals surface area contributed by atoms with Crippen LogP contribution in [0.3, 0.4) is 0 Å². The molecule has 9 heteroatoms. The van der Waals surface area contributed by atoms with Crippen molar-refractivity contribution in [2.45, 2.75) is 92.8 Å². The van der Waals surface area contributed by atoms with Crippen molar-refractivity contribution < 1.29 is 19.2 Å². The fourth-order valence-corrected chi connectivity index (χ4v) is 5.46. The Balaban J connectivity index is 0.00000127. The predicted octanol–water partition coefficient (Wildman–Crippen LogP) is 6.05. The number of thiazole rings is 1. The third kappa shape index (κ3) is 7.76. The van der Waals surface area contributed by atoms with E-state index in [1.807, 2.05) is 85.2 Å². The van der Waals surface area contributed by atoms with Crippen molar-refractivity contribution >= 4 is 23.2 Å². The summed E-state index contributed by atoms with van der Waals surface area (Å²) < 4.78 is 5.39. The molecule has 0 spiro atoms. The molecule has 214 valence electrons. The van der Waals surface area contributed by atoms with Crippen LogP contribution in [0.4, 0.5) is 0 Å². The van der Waals surface area contributed by atoms with Gasteiger partial charge in [-0.05, 0) is 37.8 Å². The second-order valence-electron chi connectivity index (χ2n) is 9.61. The van der Waals surface area contributed by atoms with Crippen LogP contribution >= 0.6 is 11.3 Å². The number of hydrogen-bond acceptors (Lipinski definition) is 7. The lowest BCUT2D eigenvalue weighted by Crippen LogP contribution is -2.48. The molecule has 8 nitrogen and oxygen atoms in total. The number of carbonyl (C=O) groups is 2. The molecule has 1 fully saturated rings. The zero-order valence-corrected chi connectivity index (χ0v) is 25.5. The van der Waals surface area contributed by atoms with Crippen LogP contribution < -0.4 is 5.32 Å². The van der Waals surface area contributed by atoms with Gasteiger partial charge in [0.1, 0.15) is 17.7 Å². The highest BCUT2D eigenvalue weighted by Gasteiger charge is 2.43. The largest absolute Gasteiger partial charge is 0.391 e. The first-order valence-corrected chi connectivity index (χ1v) is 14.8. The van der Waals surface area contributed by atoms with Gasteiger partial charge in [-0.15, -0.1) is 11.3 Å². The number of β-amino-alcohol motifs (C(OH)–C–C–N with tert-alkyl or cyclic N) is 1. The minimum absolute atomic E-state index is 0.0593. The van der Waals surface area contributed by atoms with Gasteiger partial charge in [0.05, 0.1) is 33.9 Å². The minimum Gasteiger partial charge on any atom is -0.391 e. The average molecular weight is 557 g/mol. The average Bonchev–Trinajstić information content (AvgIpc) is 3.66. The lowest BCUT2D eigenvalue weighted by molar-refractivity contribution is -0.141. The summed E-state index contributed by atoms with van der Waals surface area (Å²) in [6.07, 6.45) is -0.551. The summed E-state index contributed by atoms with van der Waals surface area (Å²) in [4.78, 5) is 33.7. The highest BCUT2D eigenvalue weighted by molar-refractivity contribution is 7.13. The Bertz CT molecular complexity index is 1190. The van der Waals surface area contributed by atoms with Crippen LogP contribution in [0.1, 0.15) is 89.6 Å². The van der Waals surface area contributed by atoms with Gasteiger partial charge in [-0.3, -0.25) is 9.59 Å². The fraction of sp³-hybridized carbons (Fsp3) is 0.533. The number of likely N-dealkylation sites (tertiary alicyclic amines) is 1. The Labute approximate surface area is 236 Å². The standard InChI is InChI=1S/C26H32N4O4S.2C2H6/c1-14(2)23(22-10-15(3)29-34-22)26(33)30-12-20(31)11-21(30)25(32)28-16(4)18-6-8-19(9-7-18)24-17(5)27-13-35-24;2*1-2/h6-10,13-14,16,20-21,23,31H,11-12H2,1-5H3,(H,28,32);2*1-2H3. The molecule has 1 aliphatic heterocycles. The van der Waals surface area contributed by atoms with Crippen molar-refractivity contribution in [3.05, 3.63) is 58.6 Å². The lowest BCUT2D eigenvalue weighted by Gasteiger charge is -2.29. The highest BCUT2D eigenvalue weighted by Crippen LogP contribution is 2.32. The van der Waals surface area contributed by atoms with Gasteiger partial charge in [-0.25, -0.2) is 4.98 Å². The van der Waals surface area contributed by atoms with Gasteiger partial charge in [-0.2, -0.15) is 0 Å². The van der Waals surface area contributed by atoms with Gasteiger partial charge >= 0.3 is 0 Å². The first-order valence-electron chi connectivity index (χ1n) is 13.9. The maximum atomic E-state index is 13.5. The second-order valence-corrected chi connectivity index (χ2v) is 10.5. The van der Waals surface area contributed by atoms with Gasteiger partial charge in [0.15, 0.2) is 0 Å². The van der Waals surface area contributed by atoms with Crippen molar-refractivity contribution in [3.8, 4) is 10.4 Å². The SMILES string of the molecule is CC.CC.Cc1cc(C(C(=O)N2CC(O)CC2C(=O)NC(C)c2ccc(-c3scnc3C)cc2)C(C)C)on1. The van der Waals surface area contributed by atoms with Crippen molar-refractivity contribution in [2.75, 3.05) is 6.54 Å². The molecule has 39 heavy (non-hydrogen) atoms. The summed E-state index contributed by atoms with van der Waals surface area (Å²) in [6.45, 7) is 17.7. The van der Waals surface area contributed by atoms with E-state index < -0.39 is 18.1 Å². The lowest BCUT2D eigenvalue weighted by atomic mass is 9.91. The van der Waals surface area contributed by atoms with Crippen LogP contribution in [0.25, 0.3) is 10.4 Å². The molecule has 2 aromatic heterocycles. The molecular formula is C30H44N4O4S. The summed E-state index contributed by atoms with van der Waals surface area (Å²) in [5.41, 5.74) is 5.56. The third-order valence-electron chi connectivity index (χ3n) is 6.53. The van der Waals surface area contributed by atoms with Gasteiger partial charge in [0.25, 0.3) is 0 Å². The van der Waals surface area contributed by atoms with Crippen LogP contribution in [0, 0.1) is 19.8 Å². The Morgan fingerprint density at radius 3 is 2.26 bits per heavy atom. The number of aliphatic hydroxyl groups is 1. The zero-order chi connectivity index (χ0) is 29.3.